The van der Waals surface area contributed by atoms with Gasteiger partial charge in [0.15, 0.2) is 0 Å². The van der Waals surface area contributed by atoms with Crippen LogP contribution < -0.4 is 16.3 Å². The molecule has 0 radical (unpaired) electrons. The molecule has 0 fully saturated rings. The summed E-state index contributed by atoms with van der Waals surface area (Å²) in [5.41, 5.74) is 10.5. The molecule has 4 heteroatoms. The normalized spacial score (nSPS) is 12.7. The summed E-state index contributed by atoms with van der Waals surface area (Å²) >= 11 is 0. The van der Waals surface area contributed by atoms with Crippen molar-refractivity contribution < 1.29 is 4.84 Å². The first-order valence-electron chi connectivity index (χ1n) is 7.58. The van der Waals surface area contributed by atoms with Gasteiger partial charge < -0.3 is 0 Å². The highest BCUT2D eigenvalue weighted by molar-refractivity contribution is 5.85. The van der Waals surface area contributed by atoms with Gasteiger partial charge in [0.05, 0.1) is 6.61 Å². The molecule has 0 aromatic heterocycles. The Balaban J connectivity index is 1.85. The predicted molar refractivity (Wildman–Crippen MR) is 87.6 cm³/mol. The topological polar surface area (TPSA) is 45.3 Å². The second-order valence-corrected chi connectivity index (χ2v) is 5.15. The molecule has 21 heavy (non-hydrogen) atoms. The van der Waals surface area contributed by atoms with E-state index in [0.29, 0.717) is 19.2 Å². The van der Waals surface area contributed by atoms with Gasteiger partial charge in [-0.25, -0.2) is 0 Å². The summed E-state index contributed by atoms with van der Waals surface area (Å²) in [7, 11) is 1.88. The molecular formula is C17H25N3O. The van der Waals surface area contributed by atoms with Crippen LogP contribution in [0, 0.1) is 0 Å². The van der Waals surface area contributed by atoms with Gasteiger partial charge >= 0.3 is 0 Å². The van der Waals surface area contributed by atoms with E-state index in [1.807, 2.05) is 7.05 Å². The number of nitrogens with one attached hydrogen (secondary N) is 3. The number of hydrogen-bond donors (Lipinski definition) is 3. The van der Waals surface area contributed by atoms with Gasteiger partial charge in [-0.3, -0.25) is 15.7 Å². The zero-order valence-electron chi connectivity index (χ0n) is 12.9. The minimum Gasteiger partial charge on any atom is -0.300 e. The number of hydrazine groups is 1. The summed E-state index contributed by atoms with van der Waals surface area (Å²) in [5, 5.41) is 2.53. The van der Waals surface area contributed by atoms with Crippen LogP contribution in [0.4, 0.5) is 0 Å². The van der Waals surface area contributed by atoms with E-state index in [2.05, 4.69) is 65.7 Å². The van der Waals surface area contributed by atoms with Crippen LogP contribution in [0.2, 0.25) is 0 Å². The molecule has 1 atom stereocenters. The van der Waals surface area contributed by atoms with Crippen molar-refractivity contribution in [2.45, 2.75) is 32.4 Å². The summed E-state index contributed by atoms with van der Waals surface area (Å²) in [6.07, 6.45) is 2.21. The van der Waals surface area contributed by atoms with E-state index in [-0.39, 0.29) is 0 Å². The standard InChI is InChI=1S/C17H25N3O/c1-3-7-16(20-18-2)13-21-19-12-15-10-6-9-14-8-4-5-11-17(14)15/h4-6,8-11,16,18-20H,3,7,12-13H2,1-2H3. The van der Waals surface area contributed by atoms with E-state index >= 15 is 0 Å². The number of hydrogen-bond acceptors (Lipinski definition) is 4. The fraction of sp³-hybridized carbons (Fsp3) is 0.412. The van der Waals surface area contributed by atoms with Crippen molar-refractivity contribution in [1.82, 2.24) is 16.3 Å². The van der Waals surface area contributed by atoms with Crippen LogP contribution in [0.25, 0.3) is 10.8 Å². The first-order chi connectivity index (χ1) is 10.3. The minimum absolute atomic E-state index is 0.319. The van der Waals surface area contributed by atoms with E-state index < -0.39 is 0 Å². The lowest BCUT2D eigenvalue weighted by Gasteiger charge is -2.17. The molecule has 0 amide bonds. The van der Waals surface area contributed by atoms with Crippen molar-refractivity contribution in [3.8, 4) is 0 Å². The van der Waals surface area contributed by atoms with Gasteiger partial charge in [0.2, 0.25) is 0 Å². The highest BCUT2D eigenvalue weighted by Crippen LogP contribution is 2.18. The van der Waals surface area contributed by atoms with E-state index in [1.165, 1.54) is 16.3 Å². The average molecular weight is 287 g/mol. The largest absolute Gasteiger partial charge is 0.300 e. The van der Waals surface area contributed by atoms with Crippen molar-refractivity contribution in [2.75, 3.05) is 13.7 Å². The van der Waals surface area contributed by atoms with Crippen LogP contribution in [0.3, 0.4) is 0 Å². The fourth-order valence-electron chi connectivity index (χ4n) is 2.48. The van der Waals surface area contributed by atoms with Crippen molar-refractivity contribution in [2.24, 2.45) is 0 Å². The van der Waals surface area contributed by atoms with Crippen LogP contribution in [-0.2, 0) is 11.4 Å². The molecule has 0 bridgehead atoms. The maximum Gasteiger partial charge on any atom is 0.0849 e. The lowest BCUT2D eigenvalue weighted by Crippen LogP contribution is -2.42. The smallest absolute Gasteiger partial charge is 0.0849 e. The second-order valence-electron chi connectivity index (χ2n) is 5.15. The Morgan fingerprint density at radius 1 is 1.10 bits per heavy atom. The monoisotopic (exact) mass is 287 g/mol. The highest BCUT2D eigenvalue weighted by Gasteiger charge is 2.06. The molecule has 2 rings (SSSR count). The minimum atomic E-state index is 0.319. The Hall–Kier alpha value is -1.46. The number of rotatable bonds is 9. The third kappa shape index (κ3) is 4.79. The third-order valence-electron chi connectivity index (χ3n) is 3.51. The van der Waals surface area contributed by atoms with Gasteiger partial charge in [0.25, 0.3) is 0 Å². The van der Waals surface area contributed by atoms with E-state index in [1.54, 1.807) is 0 Å². The summed E-state index contributed by atoms with van der Waals surface area (Å²) in [5.74, 6) is 0. The van der Waals surface area contributed by atoms with Gasteiger partial charge in [-0.1, -0.05) is 55.8 Å². The molecule has 1 unspecified atom stereocenters. The summed E-state index contributed by atoms with van der Waals surface area (Å²) in [6.45, 7) is 3.52. The fourth-order valence-corrected chi connectivity index (χ4v) is 2.48. The quantitative estimate of drug-likeness (QED) is 0.490. The molecule has 0 spiro atoms. The van der Waals surface area contributed by atoms with Gasteiger partial charge in [-0.15, -0.1) is 0 Å². The molecule has 0 saturated heterocycles. The molecule has 114 valence electrons. The molecular weight excluding hydrogens is 262 g/mol. The van der Waals surface area contributed by atoms with Crippen LogP contribution in [0.15, 0.2) is 42.5 Å². The second kappa shape index (κ2) is 8.74. The lowest BCUT2D eigenvalue weighted by molar-refractivity contribution is 0.0188. The van der Waals surface area contributed by atoms with Crippen LogP contribution in [0.1, 0.15) is 25.3 Å². The van der Waals surface area contributed by atoms with Crippen LogP contribution in [-0.4, -0.2) is 19.7 Å². The Bertz CT molecular complexity index is 533. The average Bonchev–Trinajstić information content (AvgIpc) is 2.52. The molecule has 2 aromatic carbocycles. The molecule has 0 aliphatic heterocycles. The Labute approximate surface area is 126 Å². The van der Waals surface area contributed by atoms with Crippen LogP contribution >= 0.6 is 0 Å². The molecule has 0 heterocycles. The summed E-state index contributed by atoms with van der Waals surface area (Å²) in [6, 6.07) is 15.1. The van der Waals surface area contributed by atoms with Gasteiger partial charge in [0, 0.05) is 12.6 Å². The highest BCUT2D eigenvalue weighted by atomic mass is 16.6. The zero-order valence-corrected chi connectivity index (χ0v) is 12.9. The van der Waals surface area contributed by atoms with E-state index in [9.17, 15) is 0 Å². The summed E-state index contributed by atoms with van der Waals surface area (Å²) < 4.78 is 0. The number of benzene rings is 2. The Kier molecular flexibility index (Phi) is 6.63. The zero-order chi connectivity index (χ0) is 14.9. The third-order valence-corrected chi connectivity index (χ3v) is 3.51. The molecule has 0 saturated carbocycles. The molecule has 0 aliphatic rings. The van der Waals surface area contributed by atoms with E-state index in [0.717, 1.165) is 12.8 Å². The molecule has 0 aliphatic carbocycles. The Morgan fingerprint density at radius 2 is 1.90 bits per heavy atom. The molecule has 3 N–H and O–H groups in total. The predicted octanol–water partition coefficient (Wildman–Crippen LogP) is 2.75. The van der Waals surface area contributed by atoms with Crippen molar-refractivity contribution >= 4 is 10.8 Å². The van der Waals surface area contributed by atoms with Crippen LogP contribution in [0.5, 0.6) is 0 Å². The van der Waals surface area contributed by atoms with Crippen molar-refractivity contribution in [1.29, 1.82) is 0 Å². The van der Waals surface area contributed by atoms with Crippen molar-refractivity contribution in [3.05, 3.63) is 48.0 Å². The Morgan fingerprint density at radius 3 is 2.71 bits per heavy atom. The van der Waals surface area contributed by atoms with Gasteiger partial charge in [-0.2, -0.15) is 5.48 Å². The van der Waals surface area contributed by atoms with Gasteiger partial charge in [-0.05, 0) is 29.8 Å². The van der Waals surface area contributed by atoms with E-state index in [4.69, 9.17) is 4.84 Å². The first-order valence-corrected chi connectivity index (χ1v) is 7.58. The SMILES string of the molecule is CCCC(CONCc1cccc2ccccc12)NNC. The number of hydroxylamine groups is 1. The molecule has 4 nitrogen and oxygen atoms in total. The summed E-state index contributed by atoms with van der Waals surface area (Å²) in [4.78, 5) is 5.60. The maximum absolute atomic E-state index is 5.60. The first kappa shape index (κ1) is 15.9. The van der Waals surface area contributed by atoms with Gasteiger partial charge in [0.1, 0.15) is 0 Å². The molecule has 2 aromatic rings. The maximum atomic E-state index is 5.60. The number of fused-ring (bicyclic) bond motifs is 1. The van der Waals surface area contributed by atoms with Crippen molar-refractivity contribution in [3.63, 3.8) is 0 Å². The lowest BCUT2D eigenvalue weighted by atomic mass is 10.1.